The molecule has 3 nitrogen and oxygen atoms in total. The van der Waals surface area contributed by atoms with Crippen LogP contribution >= 0.6 is 0 Å². The molecule has 0 aliphatic rings. The first kappa shape index (κ1) is 13.1. The van der Waals surface area contributed by atoms with Gasteiger partial charge >= 0.3 is 0 Å². The molecule has 0 bridgehead atoms. The topological polar surface area (TPSA) is 40.1 Å². The summed E-state index contributed by atoms with van der Waals surface area (Å²) in [6, 6.07) is 0. The van der Waals surface area contributed by atoms with Crippen LogP contribution in [0.1, 0.15) is 20.3 Å². The van der Waals surface area contributed by atoms with Crippen LogP contribution < -0.4 is 5.11 Å². The quantitative estimate of drug-likeness (QED) is 0.529. The highest BCUT2D eigenvalue weighted by Gasteiger charge is 2.01. The van der Waals surface area contributed by atoms with Crippen molar-refractivity contribution in [3.63, 3.8) is 0 Å². The molecule has 0 spiro atoms. The Morgan fingerprint density at radius 3 is 1.64 bits per heavy atom. The maximum atomic E-state index is 8.89. The molecular formula is C8H19NO2. The van der Waals surface area contributed by atoms with Crippen LogP contribution in [0.4, 0.5) is 0 Å². The number of carbonyl (C=O) groups is 1. The first-order valence-corrected chi connectivity index (χ1v) is 3.77. The number of hydrogen-bond donors (Lipinski definition) is 0. The van der Waals surface area contributed by atoms with Crippen LogP contribution in [-0.2, 0) is 4.79 Å². The average Bonchev–Trinajstić information content (AvgIpc) is 1.58. The molecule has 0 amide bonds. The van der Waals surface area contributed by atoms with E-state index in [0.717, 1.165) is 11.4 Å². The Balaban J connectivity index is 0. The summed E-state index contributed by atoms with van der Waals surface area (Å²) in [6.45, 7) is 4.46. The summed E-state index contributed by atoms with van der Waals surface area (Å²) in [7, 11) is 6.64. The molecule has 0 fully saturated rings. The number of quaternary nitrogens is 1. The third-order valence-corrected chi connectivity index (χ3v) is 0.894. The molecule has 0 aromatic rings. The molecule has 0 radical (unpaired) electrons. The van der Waals surface area contributed by atoms with E-state index in [0.29, 0.717) is 0 Å². The molecule has 0 N–H and O–H groups in total. The smallest absolute Gasteiger partial charge is 0.0777 e. The number of hydrogen-bond acceptors (Lipinski definition) is 2. The van der Waals surface area contributed by atoms with Crippen molar-refractivity contribution in [3.05, 3.63) is 0 Å². The Labute approximate surface area is 69.2 Å². The molecule has 0 atom stereocenters. The van der Waals surface area contributed by atoms with Gasteiger partial charge in [-0.25, -0.2) is 0 Å². The first-order chi connectivity index (χ1) is 4.79. The second-order valence-electron chi connectivity index (χ2n) is 3.51. The predicted octanol–water partition coefficient (Wildman–Crippen LogP) is -0.141. The second kappa shape index (κ2) is 6.16. The van der Waals surface area contributed by atoms with Crippen LogP contribution in [0.5, 0.6) is 0 Å². The monoisotopic (exact) mass is 161 g/mol. The summed E-state index contributed by atoms with van der Waals surface area (Å²) >= 11 is 0. The van der Waals surface area contributed by atoms with Crippen molar-refractivity contribution >= 4 is 5.97 Å². The maximum Gasteiger partial charge on any atom is 0.0777 e. The van der Waals surface area contributed by atoms with E-state index in [2.05, 4.69) is 28.1 Å². The lowest BCUT2D eigenvalue weighted by molar-refractivity contribution is -0.870. The summed E-state index contributed by atoms with van der Waals surface area (Å²) in [5.41, 5.74) is 0. The second-order valence-corrected chi connectivity index (χ2v) is 3.51. The van der Waals surface area contributed by atoms with Crippen molar-refractivity contribution in [3.8, 4) is 0 Å². The van der Waals surface area contributed by atoms with Gasteiger partial charge in [0.25, 0.3) is 0 Å². The highest BCUT2D eigenvalue weighted by Crippen LogP contribution is 1.90. The van der Waals surface area contributed by atoms with Crippen LogP contribution in [0, 0.1) is 0 Å². The highest BCUT2D eigenvalue weighted by atomic mass is 16.4. The minimum atomic E-state index is -1.08. The number of carboxylic acids is 1. The zero-order chi connectivity index (χ0) is 9.49. The number of aliphatic carboxylic acids is 1. The van der Waals surface area contributed by atoms with Gasteiger partial charge in [0.05, 0.1) is 27.7 Å². The van der Waals surface area contributed by atoms with E-state index in [9.17, 15) is 0 Å². The molecule has 0 unspecified atom stereocenters. The summed E-state index contributed by atoms with van der Waals surface area (Å²) in [5, 5.41) is 8.89. The normalized spacial score (nSPS) is 9.91. The van der Waals surface area contributed by atoms with E-state index in [1.54, 1.807) is 0 Å². The molecule has 0 aliphatic carbocycles. The van der Waals surface area contributed by atoms with Gasteiger partial charge in [-0.2, -0.15) is 0 Å². The number of carboxylic acid groups (broad SMARTS) is 1. The Hall–Kier alpha value is -0.570. The van der Waals surface area contributed by atoms with Gasteiger partial charge in [-0.3, -0.25) is 0 Å². The van der Waals surface area contributed by atoms with Gasteiger partial charge in [0, 0.05) is 5.97 Å². The zero-order valence-corrected chi connectivity index (χ0v) is 8.18. The van der Waals surface area contributed by atoms with Crippen LogP contribution in [0.15, 0.2) is 0 Å². The van der Waals surface area contributed by atoms with Gasteiger partial charge in [0.1, 0.15) is 0 Å². The van der Waals surface area contributed by atoms with Crippen LogP contribution in [0.25, 0.3) is 0 Å². The lowest BCUT2D eigenvalue weighted by atomic mass is 10.4. The molecule has 11 heavy (non-hydrogen) atoms. The van der Waals surface area contributed by atoms with Gasteiger partial charge < -0.3 is 14.4 Å². The lowest BCUT2D eigenvalue weighted by Gasteiger charge is -2.22. The van der Waals surface area contributed by atoms with Crippen molar-refractivity contribution in [2.24, 2.45) is 0 Å². The molecule has 0 rings (SSSR count). The molecule has 68 valence electrons. The highest BCUT2D eigenvalue weighted by molar-refractivity contribution is 5.60. The third-order valence-electron chi connectivity index (χ3n) is 0.894. The van der Waals surface area contributed by atoms with Gasteiger partial charge in [-0.15, -0.1) is 0 Å². The first-order valence-electron chi connectivity index (χ1n) is 3.77. The SMILES string of the molecule is CC(=O)[O-].CCC[N+](C)(C)C. The van der Waals surface area contributed by atoms with Crippen LogP contribution in [0.2, 0.25) is 0 Å². The van der Waals surface area contributed by atoms with Crippen LogP contribution in [0.3, 0.4) is 0 Å². The summed E-state index contributed by atoms with van der Waals surface area (Å²) in [5.74, 6) is -1.08. The van der Waals surface area contributed by atoms with Crippen molar-refractivity contribution in [2.75, 3.05) is 27.7 Å². The summed E-state index contributed by atoms with van der Waals surface area (Å²) in [6.07, 6.45) is 1.28. The van der Waals surface area contributed by atoms with E-state index in [1.807, 2.05) is 0 Å². The van der Waals surface area contributed by atoms with Crippen molar-refractivity contribution in [2.45, 2.75) is 20.3 Å². The van der Waals surface area contributed by atoms with E-state index < -0.39 is 5.97 Å². The minimum absolute atomic E-state index is 0.972. The predicted molar refractivity (Wildman–Crippen MR) is 43.9 cm³/mol. The van der Waals surface area contributed by atoms with E-state index in [1.165, 1.54) is 13.0 Å². The maximum absolute atomic E-state index is 8.89. The van der Waals surface area contributed by atoms with E-state index in [-0.39, 0.29) is 0 Å². The number of carbonyl (C=O) groups excluding carboxylic acids is 1. The lowest BCUT2D eigenvalue weighted by Crippen LogP contribution is -2.34. The standard InChI is InChI=1S/C6H16N.C2H4O2/c1-5-6-7(2,3)4;1-2(3)4/h5-6H2,1-4H3;1H3,(H,3,4)/q+1;/p-1. The van der Waals surface area contributed by atoms with E-state index in [4.69, 9.17) is 9.90 Å². The molecule has 0 aliphatic heterocycles. The van der Waals surface area contributed by atoms with Gasteiger partial charge in [-0.05, 0) is 13.3 Å². The minimum Gasteiger partial charge on any atom is -0.550 e. The van der Waals surface area contributed by atoms with Gasteiger partial charge in [0.2, 0.25) is 0 Å². The number of nitrogens with zero attached hydrogens (tertiary/aromatic N) is 1. The Morgan fingerprint density at radius 2 is 1.64 bits per heavy atom. The summed E-state index contributed by atoms with van der Waals surface area (Å²) < 4.78 is 1.09. The molecule has 0 aromatic carbocycles. The molecule has 0 saturated heterocycles. The Kier molecular flexibility index (Phi) is 7.31. The summed E-state index contributed by atoms with van der Waals surface area (Å²) in [4.78, 5) is 8.89. The van der Waals surface area contributed by atoms with E-state index >= 15 is 0 Å². The van der Waals surface area contributed by atoms with Crippen LogP contribution in [-0.4, -0.2) is 38.1 Å². The van der Waals surface area contributed by atoms with Gasteiger partial charge in [-0.1, -0.05) is 6.92 Å². The molecule has 0 aromatic heterocycles. The zero-order valence-electron chi connectivity index (χ0n) is 8.18. The van der Waals surface area contributed by atoms with Gasteiger partial charge in [0.15, 0.2) is 0 Å². The molecule has 3 heteroatoms. The molecular weight excluding hydrogens is 142 g/mol. The fourth-order valence-electron chi connectivity index (χ4n) is 0.671. The Bertz CT molecular complexity index is 101. The van der Waals surface area contributed by atoms with Crippen molar-refractivity contribution in [1.29, 1.82) is 0 Å². The Morgan fingerprint density at radius 1 is 1.36 bits per heavy atom. The average molecular weight is 161 g/mol. The number of rotatable bonds is 2. The molecule has 0 saturated carbocycles. The molecule has 0 heterocycles. The van der Waals surface area contributed by atoms with Crippen molar-refractivity contribution < 1.29 is 14.4 Å². The fourth-order valence-corrected chi connectivity index (χ4v) is 0.671. The van der Waals surface area contributed by atoms with Crippen molar-refractivity contribution in [1.82, 2.24) is 0 Å². The third kappa shape index (κ3) is 44.2. The fraction of sp³-hybridized carbons (Fsp3) is 0.875. The largest absolute Gasteiger partial charge is 0.550 e.